The third-order valence-corrected chi connectivity index (χ3v) is 10.8. The predicted molar refractivity (Wildman–Crippen MR) is 197 cm³/mol. The number of nitriles is 1. The van der Waals surface area contributed by atoms with Crippen LogP contribution in [0.25, 0.3) is 21.9 Å². The van der Waals surface area contributed by atoms with E-state index >= 15 is 0 Å². The number of rotatable bonds is 8. The van der Waals surface area contributed by atoms with E-state index in [1.54, 1.807) is 4.90 Å². The number of hydrogen-bond acceptors (Lipinski definition) is 9. The van der Waals surface area contributed by atoms with Gasteiger partial charge in [0.2, 0.25) is 11.8 Å². The van der Waals surface area contributed by atoms with Crippen LogP contribution in [0.15, 0.2) is 61.3 Å². The predicted octanol–water partition coefficient (Wildman–Crippen LogP) is 5.77. The lowest BCUT2D eigenvalue weighted by atomic mass is 9.88. The van der Waals surface area contributed by atoms with Crippen LogP contribution in [0.5, 0.6) is 11.6 Å². The van der Waals surface area contributed by atoms with Gasteiger partial charge in [0, 0.05) is 78.9 Å². The summed E-state index contributed by atoms with van der Waals surface area (Å²) >= 11 is 0. The van der Waals surface area contributed by atoms with Crippen molar-refractivity contribution in [1.82, 2.24) is 19.8 Å². The molecule has 2 saturated heterocycles. The number of anilines is 2. The topological polar surface area (TPSA) is 109 Å². The van der Waals surface area contributed by atoms with Crippen molar-refractivity contribution in [2.24, 2.45) is 0 Å². The SMILES string of the molecule is C=CC(=O)N1CCN(c2nc(OC[C@@H]3CCCN3C)c(-c3c(C)ccnc3C)c3c2CCN(c2cc(O)cc4ccccc24)C3)C[C@@H]1CC#N. The molecule has 0 radical (unpaired) electrons. The normalized spacial score (nSPS) is 19.4. The Hall–Kier alpha value is -5.14. The number of nitrogens with zero attached hydrogens (tertiary/aromatic N) is 7. The summed E-state index contributed by atoms with van der Waals surface area (Å²) in [4.78, 5) is 31.6. The van der Waals surface area contributed by atoms with Gasteiger partial charge < -0.3 is 29.4 Å². The molecule has 5 heterocycles. The van der Waals surface area contributed by atoms with Gasteiger partial charge in [-0.15, -0.1) is 0 Å². The average Bonchev–Trinajstić information content (AvgIpc) is 3.54. The minimum absolute atomic E-state index is 0.156. The van der Waals surface area contributed by atoms with Crippen LogP contribution in [0, 0.1) is 25.2 Å². The van der Waals surface area contributed by atoms with E-state index in [1.807, 2.05) is 49.5 Å². The molecule has 10 heteroatoms. The molecule has 1 N–H and O–H groups in total. The number of aromatic hydroxyl groups is 1. The second-order valence-electron chi connectivity index (χ2n) is 13.8. The Labute approximate surface area is 294 Å². The Bertz CT molecular complexity index is 1970. The van der Waals surface area contributed by atoms with Gasteiger partial charge in [-0.05, 0) is 81.4 Å². The van der Waals surface area contributed by atoms with Gasteiger partial charge in [0.05, 0.1) is 24.1 Å². The first kappa shape index (κ1) is 33.4. The summed E-state index contributed by atoms with van der Waals surface area (Å²) in [6.45, 7) is 12.3. The zero-order chi connectivity index (χ0) is 34.9. The maximum Gasteiger partial charge on any atom is 0.246 e. The monoisotopic (exact) mass is 671 g/mol. The standard InChI is InChI=1S/C40H45N7O3/c1-5-36(49)47-20-19-46(23-29(47)12-15-41)39-33-14-18-45(35-22-31(48)21-28-9-6-7-11-32(28)35)24-34(33)38(37-26(2)13-16-42-27(37)3)40(43-39)50-25-30-10-8-17-44(30)4/h5-7,9,11,13,16,21-22,29-30,48H,1,8,10,12,14,17-20,23-25H2,2-4H3/t29-,30-/m0/s1. The van der Waals surface area contributed by atoms with E-state index < -0.39 is 0 Å². The van der Waals surface area contributed by atoms with Gasteiger partial charge >= 0.3 is 0 Å². The van der Waals surface area contributed by atoms with Crippen LogP contribution in [-0.2, 0) is 17.8 Å². The van der Waals surface area contributed by atoms with Gasteiger partial charge in [-0.2, -0.15) is 10.2 Å². The first-order valence-corrected chi connectivity index (χ1v) is 17.6. The number of amides is 1. The maximum absolute atomic E-state index is 12.8. The lowest BCUT2D eigenvalue weighted by Crippen LogP contribution is -2.55. The minimum atomic E-state index is -0.283. The molecule has 10 nitrogen and oxygen atoms in total. The number of carbonyl (C=O) groups excluding carboxylic acids is 1. The fourth-order valence-electron chi connectivity index (χ4n) is 8.13. The van der Waals surface area contributed by atoms with Crippen molar-refractivity contribution in [2.45, 2.75) is 58.2 Å². The second kappa shape index (κ2) is 14.0. The number of aromatic nitrogens is 2. The lowest BCUT2D eigenvalue weighted by molar-refractivity contribution is -0.128. The highest BCUT2D eigenvalue weighted by Gasteiger charge is 2.36. The fraction of sp³-hybridized carbons (Fsp3) is 0.400. The van der Waals surface area contributed by atoms with E-state index in [0.717, 1.165) is 81.7 Å². The molecule has 0 aliphatic carbocycles. The molecule has 0 spiro atoms. The number of hydrogen-bond donors (Lipinski definition) is 1. The Morgan fingerprint density at radius 1 is 1.08 bits per heavy atom. The van der Waals surface area contributed by atoms with Crippen LogP contribution in [-0.4, -0.2) is 89.2 Å². The Kier molecular flexibility index (Phi) is 9.34. The molecule has 3 aliphatic rings. The zero-order valence-electron chi connectivity index (χ0n) is 29.2. The number of carbonyl (C=O) groups is 1. The number of phenolic OH excluding ortho intramolecular Hbond substituents is 1. The van der Waals surface area contributed by atoms with Crippen LogP contribution >= 0.6 is 0 Å². The van der Waals surface area contributed by atoms with Crippen molar-refractivity contribution in [3.63, 3.8) is 0 Å². The van der Waals surface area contributed by atoms with Gasteiger partial charge in [-0.3, -0.25) is 9.78 Å². The Morgan fingerprint density at radius 3 is 2.68 bits per heavy atom. The molecule has 2 fully saturated rings. The summed E-state index contributed by atoms with van der Waals surface area (Å²) in [5.41, 5.74) is 7.27. The summed E-state index contributed by atoms with van der Waals surface area (Å²) in [7, 11) is 2.15. The highest BCUT2D eigenvalue weighted by atomic mass is 16.5. The van der Waals surface area contributed by atoms with Crippen molar-refractivity contribution < 1.29 is 14.6 Å². The molecular formula is C40H45N7O3. The molecule has 0 saturated carbocycles. The van der Waals surface area contributed by atoms with Crippen molar-refractivity contribution >= 4 is 28.2 Å². The van der Waals surface area contributed by atoms with E-state index in [2.05, 4.69) is 47.4 Å². The van der Waals surface area contributed by atoms with E-state index in [-0.39, 0.29) is 24.1 Å². The first-order valence-electron chi connectivity index (χ1n) is 17.6. The Morgan fingerprint density at radius 2 is 1.92 bits per heavy atom. The van der Waals surface area contributed by atoms with E-state index in [0.29, 0.717) is 51.1 Å². The number of aryl methyl sites for hydroxylation is 2. The van der Waals surface area contributed by atoms with Gasteiger partial charge in [0.25, 0.3) is 0 Å². The molecule has 7 rings (SSSR count). The molecular weight excluding hydrogens is 626 g/mol. The number of ether oxygens (including phenoxy) is 1. The van der Waals surface area contributed by atoms with Gasteiger partial charge in [0.15, 0.2) is 0 Å². The molecule has 2 aromatic carbocycles. The van der Waals surface area contributed by atoms with E-state index in [9.17, 15) is 15.2 Å². The Balaban J connectivity index is 1.40. The average molecular weight is 672 g/mol. The largest absolute Gasteiger partial charge is 0.508 e. The highest BCUT2D eigenvalue weighted by molar-refractivity contribution is 5.96. The molecule has 3 aliphatic heterocycles. The maximum atomic E-state index is 12.8. The van der Waals surface area contributed by atoms with E-state index in [1.165, 1.54) is 6.08 Å². The third kappa shape index (κ3) is 6.22. The number of phenols is 1. The molecule has 0 unspecified atom stereocenters. The van der Waals surface area contributed by atoms with Crippen LogP contribution in [0.4, 0.5) is 11.5 Å². The van der Waals surface area contributed by atoms with Crippen LogP contribution in [0.1, 0.15) is 41.6 Å². The number of fused-ring (bicyclic) bond motifs is 2. The van der Waals surface area contributed by atoms with Gasteiger partial charge in [-0.25, -0.2) is 0 Å². The number of likely N-dealkylation sites (N-methyl/N-ethyl adjacent to an activating group) is 1. The summed E-state index contributed by atoms with van der Waals surface area (Å²) in [6.07, 6.45) is 6.33. The summed E-state index contributed by atoms with van der Waals surface area (Å²) in [6, 6.07) is 16.2. The van der Waals surface area contributed by atoms with Crippen LogP contribution < -0.4 is 14.5 Å². The summed E-state index contributed by atoms with van der Waals surface area (Å²) in [5.74, 6) is 1.52. The molecule has 0 bridgehead atoms. The van der Waals surface area contributed by atoms with Gasteiger partial charge in [0.1, 0.15) is 18.2 Å². The lowest BCUT2D eigenvalue weighted by Gasteiger charge is -2.43. The van der Waals surface area contributed by atoms with Crippen molar-refractivity contribution in [2.75, 3.05) is 56.2 Å². The molecule has 258 valence electrons. The third-order valence-electron chi connectivity index (χ3n) is 10.8. The fourth-order valence-corrected chi connectivity index (χ4v) is 8.13. The van der Waals surface area contributed by atoms with Crippen molar-refractivity contribution in [3.05, 3.63) is 83.7 Å². The molecule has 4 aromatic rings. The zero-order valence-corrected chi connectivity index (χ0v) is 29.2. The van der Waals surface area contributed by atoms with Crippen molar-refractivity contribution in [1.29, 1.82) is 5.26 Å². The quantitative estimate of drug-likeness (QED) is 0.234. The van der Waals surface area contributed by atoms with Crippen molar-refractivity contribution in [3.8, 4) is 28.8 Å². The van der Waals surface area contributed by atoms with Gasteiger partial charge in [-0.1, -0.05) is 30.8 Å². The molecule has 50 heavy (non-hydrogen) atoms. The van der Waals surface area contributed by atoms with E-state index in [4.69, 9.17) is 14.7 Å². The molecule has 2 atom stereocenters. The number of piperazine rings is 1. The second-order valence-corrected chi connectivity index (χ2v) is 13.8. The summed E-state index contributed by atoms with van der Waals surface area (Å²) in [5, 5.41) is 22.6. The molecule has 2 aromatic heterocycles. The minimum Gasteiger partial charge on any atom is -0.508 e. The van der Waals surface area contributed by atoms with Crippen LogP contribution in [0.3, 0.4) is 0 Å². The first-order chi connectivity index (χ1) is 24.3. The van der Waals surface area contributed by atoms with Crippen LogP contribution in [0.2, 0.25) is 0 Å². The number of likely N-dealkylation sites (tertiary alicyclic amines) is 1. The smallest absolute Gasteiger partial charge is 0.246 e. The number of pyridine rings is 2. The summed E-state index contributed by atoms with van der Waals surface area (Å²) < 4.78 is 6.84. The number of benzene rings is 2. The molecule has 1 amide bonds. The highest BCUT2D eigenvalue weighted by Crippen LogP contribution is 2.45.